The third-order valence-electron chi connectivity index (χ3n) is 2.83. The first-order chi connectivity index (χ1) is 9.30. The first-order valence-electron chi connectivity index (χ1n) is 7.37. The number of carbonyl (C=O) groups is 2. The quantitative estimate of drug-likeness (QED) is 0.792. The Morgan fingerprint density at radius 2 is 1.70 bits per heavy atom. The zero-order chi connectivity index (χ0) is 15.6. The van der Waals surface area contributed by atoms with E-state index in [4.69, 9.17) is 9.47 Å². The van der Waals surface area contributed by atoms with Crippen LogP contribution in [0.3, 0.4) is 0 Å². The summed E-state index contributed by atoms with van der Waals surface area (Å²) >= 11 is 0. The van der Waals surface area contributed by atoms with Crippen LogP contribution in [0.25, 0.3) is 0 Å². The van der Waals surface area contributed by atoms with Crippen molar-refractivity contribution in [3.8, 4) is 0 Å². The van der Waals surface area contributed by atoms with E-state index in [9.17, 15) is 9.59 Å². The molecule has 1 aliphatic rings. The molecular formula is C15H29NO4. The molecule has 0 saturated heterocycles. The molecule has 5 heteroatoms. The summed E-state index contributed by atoms with van der Waals surface area (Å²) in [4.78, 5) is 21.7. The summed E-state index contributed by atoms with van der Waals surface area (Å²) in [6, 6.07) is 0. The molecule has 0 aliphatic heterocycles. The lowest BCUT2D eigenvalue weighted by atomic mass is 9.89. The van der Waals surface area contributed by atoms with Gasteiger partial charge in [-0.05, 0) is 40.5 Å². The van der Waals surface area contributed by atoms with Gasteiger partial charge < -0.3 is 14.8 Å². The van der Waals surface area contributed by atoms with Crippen LogP contribution in [0.15, 0.2) is 0 Å². The predicted molar refractivity (Wildman–Crippen MR) is 78.5 cm³/mol. The van der Waals surface area contributed by atoms with Gasteiger partial charge in [0.2, 0.25) is 0 Å². The van der Waals surface area contributed by atoms with Crippen LogP contribution in [0, 0.1) is 5.92 Å². The lowest BCUT2D eigenvalue weighted by Gasteiger charge is -2.19. The van der Waals surface area contributed by atoms with Crippen molar-refractivity contribution in [2.45, 2.75) is 65.4 Å². The van der Waals surface area contributed by atoms with Gasteiger partial charge in [0.1, 0.15) is 5.60 Å². The molecule has 0 aromatic carbocycles. The van der Waals surface area contributed by atoms with E-state index in [1.54, 1.807) is 0 Å². The van der Waals surface area contributed by atoms with Crippen molar-refractivity contribution < 1.29 is 19.1 Å². The average molecular weight is 287 g/mol. The number of ether oxygens (including phenoxy) is 2. The molecule has 1 aliphatic carbocycles. The van der Waals surface area contributed by atoms with E-state index in [0.717, 1.165) is 12.8 Å². The van der Waals surface area contributed by atoms with Gasteiger partial charge in [-0.15, -0.1) is 0 Å². The summed E-state index contributed by atoms with van der Waals surface area (Å²) in [6.07, 6.45) is 5.38. The molecule has 0 heterocycles. The fraction of sp³-hybridized carbons (Fsp3) is 0.867. The van der Waals surface area contributed by atoms with Crippen molar-refractivity contribution in [3.05, 3.63) is 0 Å². The first-order valence-corrected chi connectivity index (χ1v) is 7.37. The first kappa shape index (κ1) is 18.7. The minimum Gasteiger partial charge on any atom is -0.466 e. The van der Waals surface area contributed by atoms with Crippen molar-refractivity contribution in [3.63, 3.8) is 0 Å². The molecule has 0 aromatic rings. The zero-order valence-corrected chi connectivity index (χ0v) is 13.5. The van der Waals surface area contributed by atoms with E-state index in [2.05, 4.69) is 5.32 Å². The minimum atomic E-state index is -0.389. The average Bonchev–Trinajstić information content (AvgIpc) is 2.39. The number of esters is 1. The van der Waals surface area contributed by atoms with Crippen LogP contribution in [0.2, 0.25) is 0 Å². The number of alkyl carbamates (subject to hydrolysis) is 1. The van der Waals surface area contributed by atoms with Crippen molar-refractivity contribution in [2.24, 2.45) is 5.92 Å². The maximum absolute atomic E-state index is 11.2. The Morgan fingerprint density at radius 1 is 1.15 bits per heavy atom. The molecule has 0 spiro atoms. The molecule has 0 radical (unpaired) electrons. The maximum Gasteiger partial charge on any atom is 0.407 e. The number of rotatable bonds is 2. The molecule has 0 bridgehead atoms. The number of hydrogen-bond donors (Lipinski definition) is 1. The Balaban J connectivity index is 0.000000370. The molecule has 0 aromatic heterocycles. The summed E-state index contributed by atoms with van der Waals surface area (Å²) in [6.45, 7) is 7.85. The third kappa shape index (κ3) is 9.64. The van der Waals surface area contributed by atoms with Crippen LogP contribution in [0.4, 0.5) is 4.79 Å². The topological polar surface area (TPSA) is 64.6 Å². The smallest absolute Gasteiger partial charge is 0.407 e. The second-order valence-corrected chi connectivity index (χ2v) is 5.84. The summed E-state index contributed by atoms with van der Waals surface area (Å²) in [5.41, 5.74) is -0.389. The Labute approximate surface area is 122 Å². The number of nitrogens with one attached hydrogen (secondary N) is 1. The fourth-order valence-electron chi connectivity index (χ4n) is 1.93. The normalized spacial score (nSPS) is 15.7. The summed E-state index contributed by atoms with van der Waals surface area (Å²) in [5, 5.41) is 2.36. The lowest BCUT2D eigenvalue weighted by Crippen LogP contribution is -2.30. The molecule has 1 saturated carbocycles. The van der Waals surface area contributed by atoms with Crippen molar-refractivity contribution in [2.75, 3.05) is 13.7 Å². The van der Waals surface area contributed by atoms with Crippen LogP contribution in [-0.4, -0.2) is 31.3 Å². The Hall–Kier alpha value is -1.26. The van der Waals surface area contributed by atoms with E-state index in [0.29, 0.717) is 6.61 Å². The van der Waals surface area contributed by atoms with E-state index in [1.807, 2.05) is 27.7 Å². The Bertz CT molecular complexity index is 291. The van der Waals surface area contributed by atoms with E-state index in [-0.39, 0.29) is 23.6 Å². The second kappa shape index (κ2) is 9.61. The van der Waals surface area contributed by atoms with Gasteiger partial charge in [-0.1, -0.05) is 19.3 Å². The molecule has 20 heavy (non-hydrogen) atoms. The van der Waals surface area contributed by atoms with Gasteiger partial charge in [-0.3, -0.25) is 4.79 Å². The third-order valence-corrected chi connectivity index (χ3v) is 2.83. The van der Waals surface area contributed by atoms with Gasteiger partial charge >= 0.3 is 12.1 Å². The summed E-state index contributed by atoms with van der Waals surface area (Å²) in [5.74, 6) is 0.232. The monoisotopic (exact) mass is 287 g/mol. The van der Waals surface area contributed by atoms with Crippen LogP contribution in [0.1, 0.15) is 59.8 Å². The maximum atomic E-state index is 11.2. The second-order valence-electron chi connectivity index (χ2n) is 5.84. The van der Waals surface area contributed by atoms with Crippen molar-refractivity contribution >= 4 is 12.1 Å². The van der Waals surface area contributed by atoms with Gasteiger partial charge in [0.05, 0.1) is 12.5 Å². The van der Waals surface area contributed by atoms with Crippen LogP contribution in [-0.2, 0) is 14.3 Å². The van der Waals surface area contributed by atoms with E-state index >= 15 is 0 Å². The van der Waals surface area contributed by atoms with Gasteiger partial charge in [-0.2, -0.15) is 0 Å². The summed E-state index contributed by atoms with van der Waals surface area (Å²) < 4.78 is 9.78. The van der Waals surface area contributed by atoms with Gasteiger partial charge in [-0.25, -0.2) is 4.79 Å². The Morgan fingerprint density at radius 3 is 2.05 bits per heavy atom. The highest BCUT2D eigenvalue weighted by Crippen LogP contribution is 2.24. The van der Waals surface area contributed by atoms with Crippen LogP contribution in [0.5, 0.6) is 0 Å². The molecule has 0 atom stereocenters. The highest BCUT2D eigenvalue weighted by Gasteiger charge is 2.21. The Kier molecular flexibility index (Phi) is 9.01. The van der Waals surface area contributed by atoms with Crippen LogP contribution >= 0.6 is 0 Å². The van der Waals surface area contributed by atoms with E-state index < -0.39 is 0 Å². The highest BCUT2D eigenvalue weighted by molar-refractivity contribution is 5.72. The molecule has 0 unspecified atom stereocenters. The number of hydrogen-bond acceptors (Lipinski definition) is 4. The summed E-state index contributed by atoms with van der Waals surface area (Å²) in [7, 11) is 1.54. The molecular weight excluding hydrogens is 258 g/mol. The molecule has 1 amide bonds. The van der Waals surface area contributed by atoms with E-state index in [1.165, 1.54) is 26.3 Å². The number of amides is 1. The van der Waals surface area contributed by atoms with Gasteiger partial charge in [0.25, 0.3) is 0 Å². The van der Waals surface area contributed by atoms with Crippen LogP contribution < -0.4 is 5.32 Å². The lowest BCUT2D eigenvalue weighted by molar-refractivity contribution is -0.149. The molecule has 1 N–H and O–H groups in total. The van der Waals surface area contributed by atoms with Gasteiger partial charge in [0.15, 0.2) is 0 Å². The predicted octanol–water partition coefficient (Wildman–Crippen LogP) is 3.27. The zero-order valence-electron chi connectivity index (χ0n) is 13.5. The minimum absolute atomic E-state index is 0.0206. The fourth-order valence-corrected chi connectivity index (χ4v) is 1.93. The largest absolute Gasteiger partial charge is 0.466 e. The number of carbonyl (C=O) groups excluding carboxylic acids is 2. The molecule has 1 rings (SSSR count). The molecule has 5 nitrogen and oxygen atoms in total. The van der Waals surface area contributed by atoms with Crippen molar-refractivity contribution in [1.82, 2.24) is 5.32 Å². The molecule has 1 fully saturated rings. The van der Waals surface area contributed by atoms with Crippen molar-refractivity contribution in [1.29, 1.82) is 0 Å². The standard InChI is InChI=1S/C9H16O2.C6H13NO2/c1-2-11-9(10)8-6-4-3-5-7-8;1-6(2,3)9-5(8)7-4/h8H,2-7H2,1H3;1-4H3,(H,7,8). The van der Waals surface area contributed by atoms with Gasteiger partial charge in [0, 0.05) is 7.05 Å². The molecule has 118 valence electrons. The highest BCUT2D eigenvalue weighted by atomic mass is 16.6. The SMILES string of the molecule is CCOC(=O)C1CCCCC1.CNC(=O)OC(C)(C)C.